The van der Waals surface area contributed by atoms with Crippen molar-refractivity contribution in [2.75, 3.05) is 14.1 Å². The maximum atomic E-state index is 12.9. The molecule has 3 nitrogen and oxygen atoms in total. The third-order valence-electron chi connectivity index (χ3n) is 4.46. The molecule has 0 saturated carbocycles. The summed E-state index contributed by atoms with van der Waals surface area (Å²) in [5.74, 6) is 0. The lowest BCUT2D eigenvalue weighted by Gasteiger charge is -2.27. The van der Waals surface area contributed by atoms with Gasteiger partial charge in [-0.2, -0.15) is 0 Å². The van der Waals surface area contributed by atoms with E-state index in [0.717, 1.165) is 12.8 Å². The summed E-state index contributed by atoms with van der Waals surface area (Å²) in [7, 11) is 1.26. The second-order valence-electron chi connectivity index (χ2n) is 6.16. The molecule has 0 radical (unpaired) electrons. The van der Waals surface area contributed by atoms with Gasteiger partial charge < -0.3 is 0 Å². The maximum Gasteiger partial charge on any atom is 0.213 e. The Labute approximate surface area is 133 Å². The van der Waals surface area contributed by atoms with Crippen molar-refractivity contribution in [3.8, 4) is 0 Å². The SMILES string of the molecule is CCCCCCCCC(CCCCCC)P(=O)(NC)NC. The van der Waals surface area contributed by atoms with Crippen LogP contribution >= 0.6 is 7.44 Å². The van der Waals surface area contributed by atoms with E-state index in [0.29, 0.717) is 5.66 Å². The van der Waals surface area contributed by atoms with E-state index in [1.165, 1.54) is 64.2 Å². The van der Waals surface area contributed by atoms with E-state index in [1.54, 1.807) is 0 Å². The van der Waals surface area contributed by atoms with Gasteiger partial charge in [0.15, 0.2) is 0 Å². The van der Waals surface area contributed by atoms with Gasteiger partial charge in [0.1, 0.15) is 0 Å². The zero-order valence-electron chi connectivity index (χ0n) is 14.9. The van der Waals surface area contributed by atoms with Crippen LogP contribution < -0.4 is 10.2 Å². The molecule has 0 fully saturated rings. The number of unbranched alkanes of at least 4 members (excludes halogenated alkanes) is 8. The first kappa shape index (κ1) is 21.1. The molecule has 0 saturated heterocycles. The summed E-state index contributed by atoms with van der Waals surface area (Å²) >= 11 is 0. The number of rotatable bonds is 15. The van der Waals surface area contributed by atoms with Gasteiger partial charge in [0.25, 0.3) is 0 Å². The predicted octanol–water partition coefficient (Wildman–Crippen LogP) is 5.71. The molecule has 0 amide bonds. The highest BCUT2D eigenvalue weighted by Crippen LogP contribution is 2.45. The van der Waals surface area contributed by atoms with Crippen LogP contribution in [0, 0.1) is 0 Å². The van der Waals surface area contributed by atoms with Crippen molar-refractivity contribution < 1.29 is 4.57 Å². The normalized spacial score (nSPS) is 13.5. The lowest BCUT2D eigenvalue weighted by atomic mass is 10.0. The van der Waals surface area contributed by atoms with Gasteiger partial charge in [-0.25, -0.2) is 0 Å². The van der Waals surface area contributed by atoms with Crippen LogP contribution in [-0.2, 0) is 4.57 Å². The number of nitrogens with one attached hydrogen (secondary N) is 2. The Morgan fingerprint density at radius 3 is 1.52 bits per heavy atom. The summed E-state index contributed by atoms with van der Waals surface area (Å²) in [6, 6.07) is 0. The quantitative estimate of drug-likeness (QED) is 0.300. The summed E-state index contributed by atoms with van der Waals surface area (Å²) in [6.07, 6.45) is 15.1. The Bertz CT molecular complexity index is 264. The minimum Gasteiger partial charge on any atom is -0.289 e. The van der Waals surface area contributed by atoms with Crippen molar-refractivity contribution in [3.63, 3.8) is 0 Å². The van der Waals surface area contributed by atoms with Crippen LogP contribution in [0.2, 0.25) is 0 Å². The minimum absolute atomic E-state index is 0.301. The van der Waals surface area contributed by atoms with E-state index in [1.807, 2.05) is 14.1 Å². The summed E-state index contributed by atoms with van der Waals surface area (Å²) < 4.78 is 12.9. The van der Waals surface area contributed by atoms with Gasteiger partial charge in [0.05, 0.1) is 0 Å². The minimum atomic E-state index is -2.40. The molecule has 128 valence electrons. The molecule has 0 aliphatic carbocycles. The highest BCUT2D eigenvalue weighted by molar-refractivity contribution is 7.60. The first-order valence-corrected chi connectivity index (χ1v) is 10.9. The molecule has 1 atom stereocenters. The lowest BCUT2D eigenvalue weighted by molar-refractivity contribution is 0.504. The van der Waals surface area contributed by atoms with Crippen LogP contribution in [0.1, 0.15) is 90.9 Å². The van der Waals surface area contributed by atoms with Gasteiger partial charge in [-0.3, -0.25) is 14.7 Å². The fourth-order valence-electron chi connectivity index (χ4n) is 2.95. The summed E-state index contributed by atoms with van der Waals surface area (Å²) in [5.41, 5.74) is 0.301. The first-order chi connectivity index (χ1) is 10.1. The summed E-state index contributed by atoms with van der Waals surface area (Å²) in [5, 5.41) is 6.15. The molecular weight excluding hydrogens is 279 g/mol. The Morgan fingerprint density at radius 1 is 0.714 bits per heavy atom. The Morgan fingerprint density at radius 2 is 1.10 bits per heavy atom. The second-order valence-corrected chi connectivity index (χ2v) is 9.11. The molecule has 0 aliphatic rings. The van der Waals surface area contributed by atoms with Gasteiger partial charge in [-0.1, -0.05) is 78.1 Å². The molecule has 4 heteroatoms. The highest BCUT2D eigenvalue weighted by Gasteiger charge is 2.28. The van der Waals surface area contributed by atoms with Gasteiger partial charge in [-0.05, 0) is 26.9 Å². The molecule has 0 aromatic carbocycles. The number of hydrogen-bond acceptors (Lipinski definition) is 1. The average Bonchev–Trinajstić information content (AvgIpc) is 2.51. The molecule has 0 spiro atoms. The van der Waals surface area contributed by atoms with Crippen LogP contribution in [0.5, 0.6) is 0 Å². The fourth-order valence-corrected chi connectivity index (χ4v) is 5.00. The molecule has 0 aromatic heterocycles. The monoisotopic (exact) mass is 318 g/mol. The molecular formula is C17H39N2OP. The van der Waals surface area contributed by atoms with Crippen LogP contribution in [0.3, 0.4) is 0 Å². The largest absolute Gasteiger partial charge is 0.289 e. The standard InChI is InChI=1S/C17H39N2OP/c1-5-7-9-11-12-14-16-17(15-13-10-8-6-2)21(20,18-3)19-4/h17H,5-16H2,1-4H3,(H2,18,19,20). The van der Waals surface area contributed by atoms with Gasteiger partial charge in [0, 0.05) is 5.66 Å². The van der Waals surface area contributed by atoms with Gasteiger partial charge in [0.2, 0.25) is 7.44 Å². The second kappa shape index (κ2) is 13.8. The fraction of sp³-hybridized carbons (Fsp3) is 1.00. The third kappa shape index (κ3) is 9.71. The predicted molar refractivity (Wildman–Crippen MR) is 96.3 cm³/mol. The Hall–Kier alpha value is 0.150. The van der Waals surface area contributed by atoms with Gasteiger partial charge >= 0.3 is 0 Å². The van der Waals surface area contributed by atoms with Crippen LogP contribution in [-0.4, -0.2) is 19.8 Å². The molecule has 0 heterocycles. The third-order valence-corrected chi connectivity index (χ3v) is 7.33. The lowest BCUT2D eigenvalue weighted by Crippen LogP contribution is -2.26. The van der Waals surface area contributed by atoms with E-state index in [-0.39, 0.29) is 0 Å². The molecule has 0 bridgehead atoms. The molecule has 0 rings (SSSR count). The number of hydrogen-bond donors (Lipinski definition) is 2. The maximum absolute atomic E-state index is 12.9. The summed E-state index contributed by atoms with van der Waals surface area (Å²) in [6.45, 7) is 4.49. The van der Waals surface area contributed by atoms with Crippen LogP contribution in [0.4, 0.5) is 0 Å². The molecule has 1 unspecified atom stereocenters. The van der Waals surface area contributed by atoms with E-state index in [9.17, 15) is 4.57 Å². The van der Waals surface area contributed by atoms with Crippen molar-refractivity contribution in [2.24, 2.45) is 0 Å². The van der Waals surface area contributed by atoms with E-state index in [2.05, 4.69) is 24.0 Å². The topological polar surface area (TPSA) is 41.1 Å². The molecule has 2 N–H and O–H groups in total. The van der Waals surface area contributed by atoms with Crippen molar-refractivity contribution in [2.45, 2.75) is 96.6 Å². The van der Waals surface area contributed by atoms with E-state index < -0.39 is 7.44 Å². The molecule has 21 heavy (non-hydrogen) atoms. The Kier molecular flexibility index (Phi) is 13.9. The van der Waals surface area contributed by atoms with Crippen LogP contribution in [0.15, 0.2) is 0 Å². The van der Waals surface area contributed by atoms with E-state index >= 15 is 0 Å². The average molecular weight is 318 g/mol. The molecule has 0 aromatic rings. The zero-order valence-corrected chi connectivity index (χ0v) is 15.8. The van der Waals surface area contributed by atoms with Crippen LogP contribution in [0.25, 0.3) is 0 Å². The first-order valence-electron chi connectivity index (χ1n) is 9.12. The molecule has 0 aliphatic heterocycles. The zero-order chi connectivity index (χ0) is 16.0. The van der Waals surface area contributed by atoms with E-state index in [4.69, 9.17) is 0 Å². The Balaban J connectivity index is 4.15. The summed E-state index contributed by atoms with van der Waals surface area (Å²) in [4.78, 5) is 0. The smallest absolute Gasteiger partial charge is 0.213 e. The van der Waals surface area contributed by atoms with Crippen molar-refractivity contribution >= 4 is 7.44 Å². The van der Waals surface area contributed by atoms with Gasteiger partial charge in [-0.15, -0.1) is 0 Å². The highest BCUT2D eigenvalue weighted by atomic mass is 31.2. The van der Waals surface area contributed by atoms with Crippen molar-refractivity contribution in [3.05, 3.63) is 0 Å². The van der Waals surface area contributed by atoms with Crippen molar-refractivity contribution in [1.82, 2.24) is 10.2 Å². The van der Waals surface area contributed by atoms with Crippen molar-refractivity contribution in [1.29, 1.82) is 0 Å².